The van der Waals surface area contributed by atoms with Gasteiger partial charge in [-0.25, -0.2) is 0 Å². The van der Waals surface area contributed by atoms with Crippen molar-refractivity contribution >= 4 is 0 Å². The van der Waals surface area contributed by atoms with Crippen LogP contribution in [0.25, 0.3) is 0 Å². The molecule has 0 atom stereocenters. The molecule has 1 saturated heterocycles. The maximum absolute atomic E-state index is 5.20. The third-order valence-electron chi connectivity index (χ3n) is 1.45. The number of rotatable bonds is 1. The molecule has 0 aromatic rings. The van der Waals surface area contributed by atoms with Crippen molar-refractivity contribution in [1.29, 1.82) is 0 Å². The smallest absolute Gasteiger partial charge is 0.274 e. The summed E-state index contributed by atoms with van der Waals surface area (Å²) in [5, 5.41) is 0. The zero-order chi connectivity index (χ0) is 7.40. The van der Waals surface area contributed by atoms with E-state index >= 15 is 0 Å². The molecule has 0 aromatic heterocycles. The molecule has 1 rings (SSSR count). The van der Waals surface area contributed by atoms with Gasteiger partial charge in [0.2, 0.25) is 0 Å². The Morgan fingerprint density at radius 3 is 2.50 bits per heavy atom. The molecule has 0 aromatic carbocycles. The summed E-state index contributed by atoms with van der Waals surface area (Å²) in [6.45, 7) is 6.94. The van der Waals surface area contributed by atoms with E-state index in [0.29, 0.717) is 25.1 Å². The van der Waals surface area contributed by atoms with Crippen LogP contribution in [0.4, 0.5) is 0 Å². The molecule has 2 heteroatoms. The molecule has 0 saturated carbocycles. The van der Waals surface area contributed by atoms with Gasteiger partial charge in [-0.05, 0) is 13.0 Å². The summed E-state index contributed by atoms with van der Waals surface area (Å²) >= 11 is 0. The zero-order valence-corrected chi connectivity index (χ0v) is 6.17. The standard InChI is InChI=1S/C8H12O2/c1-3-7-5-9-8(4-2)10-6-7/h3-4,7H,1,5-6H2,2H3. The van der Waals surface area contributed by atoms with E-state index in [4.69, 9.17) is 9.47 Å². The van der Waals surface area contributed by atoms with Gasteiger partial charge in [0.05, 0.1) is 0 Å². The van der Waals surface area contributed by atoms with Crippen LogP contribution in [0.5, 0.6) is 0 Å². The van der Waals surface area contributed by atoms with Gasteiger partial charge < -0.3 is 9.47 Å². The molecule has 0 amide bonds. The van der Waals surface area contributed by atoms with E-state index < -0.39 is 0 Å². The second kappa shape index (κ2) is 3.30. The molecular weight excluding hydrogens is 128 g/mol. The highest BCUT2D eigenvalue weighted by atomic mass is 16.7. The first kappa shape index (κ1) is 7.19. The summed E-state index contributed by atoms with van der Waals surface area (Å²) < 4.78 is 10.4. The normalized spacial score (nSPS) is 24.5. The summed E-state index contributed by atoms with van der Waals surface area (Å²) in [5.74, 6) is 0.988. The first-order chi connectivity index (χ1) is 4.86. The van der Waals surface area contributed by atoms with Crippen LogP contribution in [0.2, 0.25) is 0 Å². The molecule has 0 radical (unpaired) electrons. The third kappa shape index (κ3) is 1.53. The van der Waals surface area contributed by atoms with Crippen LogP contribution in [-0.2, 0) is 9.47 Å². The van der Waals surface area contributed by atoms with Crippen LogP contribution < -0.4 is 0 Å². The molecule has 1 aliphatic rings. The lowest BCUT2D eigenvalue weighted by atomic mass is 10.2. The van der Waals surface area contributed by atoms with E-state index in [1.54, 1.807) is 0 Å². The molecule has 0 spiro atoms. The van der Waals surface area contributed by atoms with Crippen molar-refractivity contribution in [3.63, 3.8) is 0 Å². The van der Waals surface area contributed by atoms with Gasteiger partial charge in [-0.15, -0.1) is 6.58 Å². The Kier molecular flexibility index (Phi) is 2.37. The van der Waals surface area contributed by atoms with Crippen LogP contribution in [0.3, 0.4) is 0 Å². The van der Waals surface area contributed by atoms with E-state index in [1.165, 1.54) is 0 Å². The summed E-state index contributed by atoms with van der Waals surface area (Å²) in [6, 6.07) is 0. The molecule has 1 heterocycles. The van der Waals surface area contributed by atoms with Gasteiger partial charge in [-0.1, -0.05) is 6.08 Å². The Labute approximate surface area is 61.1 Å². The van der Waals surface area contributed by atoms with E-state index in [-0.39, 0.29) is 0 Å². The monoisotopic (exact) mass is 140 g/mol. The maximum Gasteiger partial charge on any atom is 0.274 e. The first-order valence-corrected chi connectivity index (χ1v) is 3.41. The Morgan fingerprint density at radius 2 is 2.10 bits per heavy atom. The average Bonchev–Trinajstić information content (AvgIpc) is 2.05. The molecule has 0 unspecified atom stereocenters. The zero-order valence-electron chi connectivity index (χ0n) is 6.17. The fraction of sp³-hybridized carbons (Fsp3) is 0.500. The minimum atomic E-state index is 0.351. The van der Waals surface area contributed by atoms with E-state index in [0.717, 1.165) is 0 Å². The highest BCUT2D eigenvalue weighted by Gasteiger charge is 2.13. The van der Waals surface area contributed by atoms with E-state index in [2.05, 4.69) is 6.58 Å². The Balaban J connectivity index is 2.37. The Bertz CT molecular complexity index is 139. The van der Waals surface area contributed by atoms with Gasteiger partial charge in [0.1, 0.15) is 13.2 Å². The number of allylic oxidation sites excluding steroid dienone is 1. The van der Waals surface area contributed by atoms with Crippen molar-refractivity contribution in [1.82, 2.24) is 0 Å². The quantitative estimate of drug-likeness (QED) is 0.516. The van der Waals surface area contributed by atoms with Crippen LogP contribution in [0.1, 0.15) is 6.92 Å². The van der Waals surface area contributed by atoms with Gasteiger partial charge in [-0.3, -0.25) is 0 Å². The van der Waals surface area contributed by atoms with E-state index in [9.17, 15) is 0 Å². The topological polar surface area (TPSA) is 18.5 Å². The second-order valence-electron chi connectivity index (χ2n) is 2.23. The van der Waals surface area contributed by atoms with E-state index in [1.807, 2.05) is 19.1 Å². The molecule has 56 valence electrons. The predicted octanol–water partition coefficient (Wildman–Crippen LogP) is 1.70. The van der Waals surface area contributed by atoms with Gasteiger partial charge in [0, 0.05) is 5.92 Å². The second-order valence-corrected chi connectivity index (χ2v) is 2.23. The van der Waals surface area contributed by atoms with Crippen molar-refractivity contribution < 1.29 is 9.47 Å². The summed E-state index contributed by atoms with van der Waals surface area (Å²) in [4.78, 5) is 0. The minimum Gasteiger partial charge on any atom is -0.465 e. The predicted molar refractivity (Wildman–Crippen MR) is 39.3 cm³/mol. The van der Waals surface area contributed by atoms with Crippen molar-refractivity contribution in [2.75, 3.05) is 13.2 Å². The molecule has 0 aliphatic carbocycles. The largest absolute Gasteiger partial charge is 0.465 e. The maximum atomic E-state index is 5.20. The third-order valence-corrected chi connectivity index (χ3v) is 1.45. The lowest BCUT2D eigenvalue weighted by Crippen LogP contribution is -2.20. The fourth-order valence-corrected chi connectivity index (χ4v) is 0.771. The molecule has 2 nitrogen and oxygen atoms in total. The fourth-order valence-electron chi connectivity index (χ4n) is 0.771. The number of hydrogen-bond donors (Lipinski definition) is 0. The van der Waals surface area contributed by atoms with Crippen LogP contribution in [0, 0.1) is 5.92 Å². The van der Waals surface area contributed by atoms with Gasteiger partial charge in [0.25, 0.3) is 5.95 Å². The SMILES string of the molecule is C=CC1COC(=CC)OC1. The van der Waals surface area contributed by atoms with Crippen molar-refractivity contribution in [2.45, 2.75) is 6.92 Å². The van der Waals surface area contributed by atoms with Crippen molar-refractivity contribution in [3.05, 3.63) is 24.7 Å². The molecule has 0 N–H and O–H groups in total. The molecule has 0 bridgehead atoms. The first-order valence-electron chi connectivity index (χ1n) is 3.41. The van der Waals surface area contributed by atoms with Gasteiger partial charge >= 0.3 is 0 Å². The minimum absolute atomic E-state index is 0.351. The van der Waals surface area contributed by atoms with Gasteiger partial charge in [-0.2, -0.15) is 0 Å². The average molecular weight is 140 g/mol. The highest BCUT2D eigenvalue weighted by Crippen LogP contribution is 2.13. The lowest BCUT2D eigenvalue weighted by molar-refractivity contribution is -0.0373. The molecule has 10 heavy (non-hydrogen) atoms. The van der Waals surface area contributed by atoms with Crippen molar-refractivity contribution in [3.8, 4) is 0 Å². The highest BCUT2D eigenvalue weighted by molar-refractivity contribution is 4.88. The summed E-state index contributed by atoms with van der Waals surface area (Å²) in [5.41, 5.74) is 0. The molecular formula is C8H12O2. The molecule has 1 aliphatic heterocycles. The van der Waals surface area contributed by atoms with Crippen molar-refractivity contribution in [2.24, 2.45) is 5.92 Å². The van der Waals surface area contributed by atoms with Gasteiger partial charge in [0.15, 0.2) is 0 Å². The van der Waals surface area contributed by atoms with Crippen LogP contribution in [0.15, 0.2) is 24.7 Å². The number of ether oxygens (including phenoxy) is 2. The lowest BCUT2D eigenvalue weighted by Gasteiger charge is -2.22. The number of hydrogen-bond acceptors (Lipinski definition) is 2. The Hall–Kier alpha value is -0.920. The summed E-state index contributed by atoms with van der Waals surface area (Å²) in [7, 11) is 0. The summed E-state index contributed by atoms with van der Waals surface area (Å²) in [6.07, 6.45) is 3.67. The van der Waals surface area contributed by atoms with Crippen LogP contribution in [-0.4, -0.2) is 13.2 Å². The molecule has 1 fully saturated rings. The van der Waals surface area contributed by atoms with Crippen LogP contribution >= 0.6 is 0 Å². The Morgan fingerprint density at radius 1 is 1.50 bits per heavy atom.